The zero-order valence-corrected chi connectivity index (χ0v) is 10.1. The molecule has 92 valence electrons. The number of carbonyl (C=O) groups excluding carboxylic acids is 1. The highest BCUT2D eigenvalue weighted by atomic mass is 16.2. The lowest BCUT2D eigenvalue weighted by Gasteiger charge is -2.10. The molecule has 3 rings (SSSR count). The third-order valence-electron chi connectivity index (χ3n) is 3.06. The van der Waals surface area contributed by atoms with Crippen LogP contribution in [0.2, 0.25) is 0 Å². The first kappa shape index (κ1) is 10.8. The number of hydrogen-bond acceptors (Lipinski definition) is 3. The molecule has 5 nitrogen and oxygen atoms in total. The fraction of sp³-hybridized carbons (Fsp3) is 0.231. The van der Waals surface area contributed by atoms with Crippen LogP contribution < -0.4 is 10.6 Å². The molecule has 1 unspecified atom stereocenters. The fourth-order valence-electron chi connectivity index (χ4n) is 2.17. The summed E-state index contributed by atoms with van der Waals surface area (Å²) < 4.78 is 1.66. The molecule has 1 amide bonds. The van der Waals surface area contributed by atoms with Crippen LogP contribution in [0.3, 0.4) is 0 Å². The molecular weight excluding hydrogens is 228 g/mol. The maximum atomic E-state index is 12.1. The lowest BCUT2D eigenvalue weighted by molar-refractivity contribution is -0.116. The van der Waals surface area contributed by atoms with Gasteiger partial charge in [0.2, 0.25) is 5.91 Å². The van der Waals surface area contributed by atoms with Crippen LogP contribution in [0.15, 0.2) is 36.7 Å². The lowest BCUT2D eigenvalue weighted by Crippen LogP contribution is -2.32. The number of carbonyl (C=O) groups is 1. The van der Waals surface area contributed by atoms with Crippen molar-refractivity contribution in [2.24, 2.45) is 7.05 Å². The van der Waals surface area contributed by atoms with Crippen LogP contribution in [0.4, 0.5) is 11.4 Å². The molecule has 0 saturated carbocycles. The SMILES string of the molecule is Cn1cc(NC(=O)C2Cc3ccccc3N2)cn1. The van der Waals surface area contributed by atoms with Crippen molar-refractivity contribution in [2.45, 2.75) is 12.5 Å². The van der Waals surface area contributed by atoms with E-state index in [4.69, 9.17) is 0 Å². The molecule has 0 fully saturated rings. The zero-order chi connectivity index (χ0) is 12.5. The Balaban J connectivity index is 1.69. The molecule has 0 spiro atoms. The fourth-order valence-corrected chi connectivity index (χ4v) is 2.17. The highest BCUT2D eigenvalue weighted by Crippen LogP contribution is 2.25. The van der Waals surface area contributed by atoms with Crippen molar-refractivity contribution in [3.8, 4) is 0 Å². The molecule has 1 aliphatic rings. The van der Waals surface area contributed by atoms with Gasteiger partial charge in [-0.15, -0.1) is 0 Å². The molecule has 0 radical (unpaired) electrons. The molecule has 0 aliphatic carbocycles. The standard InChI is InChI=1S/C13H14N4O/c1-17-8-10(7-14-17)15-13(18)12-6-9-4-2-3-5-11(9)16-12/h2-5,7-8,12,16H,6H2,1H3,(H,15,18). The van der Waals surface area contributed by atoms with Gasteiger partial charge in [0.25, 0.3) is 0 Å². The van der Waals surface area contributed by atoms with E-state index in [1.165, 1.54) is 5.56 Å². The minimum atomic E-state index is -0.206. The second-order valence-electron chi connectivity index (χ2n) is 4.45. The van der Waals surface area contributed by atoms with Crippen molar-refractivity contribution in [1.82, 2.24) is 9.78 Å². The molecule has 2 heterocycles. The summed E-state index contributed by atoms with van der Waals surface area (Å²) in [6.07, 6.45) is 4.14. The summed E-state index contributed by atoms with van der Waals surface area (Å²) in [4.78, 5) is 12.1. The number of aryl methyl sites for hydroxylation is 1. The number of nitrogens with zero attached hydrogens (tertiary/aromatic N) is 2. The Morgan fingerprint density at radius 1 is 1.50 bits per heavy atom. The lowest BCUT2D eigenvalue weighted by atomic mass is 10.1. The molecule has 1 aromatic heterocycles. The van der Waals surface area contributed by atoms with Gasteiger partial charge in [-0.05, 0) is 11.6 Å². The second kappa shape index (κ2) is 4.18. The van der Waals surface area contributed by atoms with Crippen LogP contribution in [-0.4, -0.2) is 21.7 Å². The number of para-hydroxylation sites is 1. The average molecular weight is 242 g/mol. The molecular formula is C13H14N4O. The van der Waals surface area contributed by atoms with Crippen molar-refractivity contribution < 1.29 is 4.79 Å². The van der Waals surface area contributed by atoms with Crippen molar-refractivity contribution in [2.75, 3.05) is 10.6 Å². The van der Waals surface area contributed by atoms with Crippen molar-refractivity contribution in [3.05, 3.63) is 42.2 Å². The quantitative estimate of drug-likeness (QED) is 0.836. The minimum absolute atomic E-state index is 0.0285. The molecule has 18 heavy (non-hydrogen) atoms. The molecule has 0 bridgehead atoms. The molecule has 1 aromatic carbocycles. The Kier molecular flexibility index (Phi) is 2.51. The van der Waals surface area contributed by atoms with E-state index < -0.39 is 0 Å². The van der Waals surface area contributed by atoms with Gasteiger partial charge in [0.15, 0.2) is 0 Å². The average Bonchev–Trinajstić information content (AvgIpc) is 2.95. The van der Waals surface area contributed by atoms with E-state index in [2.05, 4.69) is 15.7 Å². The van der Waals surface area contributed by atoms with E-state index >= 15 is 0 Å². The largest absolute Gasteiger partial charge is 0.373 e. The highest BCUT2D eigenvalue weighted by Gasteiger charge is 2.26. The van der Waals surface area contributed by atoms with E-state index in [9.17, 15) is 4.79 Å². The summed E-state index contributed by atoms with van der Waals surface area (Å²) >= 11 is 0. The monoisotopic (exact) mass is 242 g/mol. The van der Waals surface area contributed by atoms with Gasteiger partial charge in [-0.2, -0.15) is 5.10 Å². The summed E-state index contributed by atoms with van der Waals surface area (Å²) in [5.41, 5.74) is 2.95. The van der Waals surface area contributed by atoms with Gasteiger partial charge in [0, 0.05) is 25.4 Å². The Morgan fingerprint density at radius 3 is 3.06 bits per heavy atom. The van der Waals surface area contributed by atoms with E-state index in [1.807, 2.05) is 31.3 Å². The number of rotatable bonds is 2. The van der Waals surface area contributed by atoms with E-state index in [0.717, 1.165) is 17.8 Å². The summed E-state index contributed by atoms with van der Waals surface area (Å²) in [5, 5.41) is 10.1. The topological polar surface area (TPSA) is 59.0 Å². The summed E-state index contributed by atoms with van der Waals surface area (Å²) in [5.74, 6) is -0.0285. The Morgan fingerprint density at radius 2 is 2.33 bits per heavy atom. The van der Waals surface area contributed by atoms with Crippen molar-refractivity contribution >= 4 is 17.3 Å². The first-order valence-corrected chi connectivity index (χ1v) is 5.86. The molecule has 0 saturated heterocycles. The third kappa shape index (κ3) is 1.95. The molecule has 5 heteroatoms. The number of hydrogen-bond donors (Lipinski definition) is 2. The maximum absolute atomic E-state index is 12.1. The van der Waals surface area contributed by atoms with Gasteiger partial charge in [-0.25, -0.2) is 0 Å². The normalized spacial score (nSPS) is 17.1. The smallest absolute Gasteiger partial charge is 0.247 e. The van der Waals surface area contributed by atoms with Gasteiger partial charge in [-0.3, -0.25) is 9.48 Å². The van der Waals surface area contributed by atoms with Gasteiger partial charge in [0.05, 0.1) is 11.9 Å². The summed E-state index contributed by atoms with van der Waals surface area (Å²) in [6, 6.07) is 7.78. The highest BCUT2D eigenvalue weighted by molar-refractivity contribution is 5.97. The maximum Gasteiger partial charge on any atom is 0.247 e. The van der Waals surface area contributed by atoms with Crippen LogP contribution in [0.1, 0.15) is 5.56 Å². The predicted molar refractivity (Wildman–Crippen MR) is 69.4 cm³/mol. The van der Waals surface area contributed by atoms with Crippen LogP contribution in [0.5, 0.6) is 0 Å². The number of aromatic nitrogens is 2. The van der Waals surface area contributed by atoms with E-state index in [-0.39, 0.29) is 11.9 Å². The zero-order valence-electron chi connectivity index (χ0n) is 10.1. The van der Waals surface area contributed by atoms with E-state index in [1.54, 1.807) is 17.1 Å². The van der Waals surface area contributed by atoms with Crippen LogP contribution in [0, 0.1) is 0 Å². The van der Waals surface area contributed by atoms with Crippen molar-refractivity contribution in [1.29, 1.82) is 0 Å². The second-order valence-corrected chi connectivity index (χ2v) is 4.45. The number of benzene rings is 1. The first-order chi connectivity index (χ1) is 8.72. The van der Waals surface area contributed by atoms with Crippen molar-refractivity contribution in [3.63, 3.8) is 0 Å². The molecule has 1 aliphatic heterocycles. The van der Waals surface area contributed by atoms with E-state index in [0.29, 0.717) is 0 Å². The van der Waals surface area contributed by atoms with Crippen LogP contribution in [-0.2, 0) is 18.3 Å². The molecule has 1 atom stereocenters. The Labute approximate surface area is 105 Å². The molecule has 2 N–H and O–H groups in total. The van der Waals surface area contributed by atoms with Gasteiger partial charge in [-0.1, -0.05) is 18.2 Å². The summed E-state index contributed by atoms with van der Waals surface area (Å²) in [7, 11) is 1.82. The molecule has 2 aromatic rings. The Hall–Kier alpha value is -2.30. The number of fused-ring (bicyclic) bond motifs is 1. The number of anilines is 2. The van der Waals surface area contributed by atoms with Gasteiger partial charge in [0.1, 0.15) is 6.04 Å². The number of nitrogens with one attached hydrogen (secondary N) is 2. The summed E-state index contributed by atoms with van der Waals surface area (Å²) in [6.45, 7) is 0. The third-order valence-corrected chi connectivity index (χ3v) is 3.06. The Bertz CT molecular complexity index is 565. The predicted octanol–water partition coefficient (Wildman–Crippen LogP) is 1.40. The van der Waals surface area contributed by atoms with Crippen LogP contribution >= 0.6 is 0 Å². The minimum Gasteiger partial charge on any atom is -0.373 e. The first-order valence-electron chi connectivity index (χ1n) is 5.86. The number of amides is 1. The van der Waals surface area contributed by atoms with Crippen LogP contribution in [0.25, 0.3) is 0 Å². The van der Waals surface area contributed by atoms with Gasteiger partial charge >= 0.3 is 0 Å². The van der Waals surface area contributed by atoms with Gasteiger partial charge < -0.3 is 10.6 Å².